The minimum Gasteiger partial charge on any atom is -0.350 e. The molecule has 138 valence electrons. The summed E-state index contributed by atoms with van der Waals surface area (Å²) in [4.78, 5) is 15.8. The van der Waals surface area contributed by atoms with Gasteiger partial charge in [-0.05, 0) is 36.8 Å². The van der Waals surface area contributed by atoms with Gasteiger partial charge in [-0.2, -0.15) is 0 Å². The van der Waals surface area contributed by atoms with E-state index in [9.17, 15) is 9.18 Å². The van der Waals surface area contributed by atoms with Crippen LogP contribution in [0.2, 0.25) is 0 Å². The predicted molar refractivity (Wildman–Crippen MR) is 104 cm³/mol. The Morgan fingerprint density at radius 1 is 1.33 bits per heavy atom. The molecule has 1 unspecified atom stereocenters. The van der Waals surface area contributed by atoms with Crippen molar-refractivity contribution in [2.24, 2.45) is 0 Å². The zero-order valence-electron chi connectivity index (χ0n) is 14.5. The standard InChI is InChI=1S/C19H17BrFN5O/c1-2-5-14(18-25-24-17-6-3-4-7-26(17)18)23-19(27)16-10-12-13(21)8-11(20)9-15(12)22-16/h3-4,6-10,14,22H,2,5H2,1H3,(H,23,27). The number of amides is 1. The van der Waals surface area contributed by atoms with Gasteiger partial charge in [0.25, 0.3) is 5.91 Å². The minimum absolute atomic E-state index is 0.303. The lowest BCUT2D eigenvalue weighted by Crippen LogP contribution is -2.30. The molecule has 0 saturated heterocycles. The SMILES string of the molecule is CCCC(NC(=O)c1cc2c(F)cc(Br)cc2[nH]1)c1nnc2ccccn12. The maximum absolute atomic E-state index is 14.1. The Morgan fingerprint density at radius 2 is 2.19 bits per heavy atom. The number of benzene rings is 1. The van der Waals surface area contributed by atoms with Crippen LogP contribution in [0.1, 0.15) is 42.1 Å². The number of nitrogens with zero attached hydrogens (tertiary/aromatic N) is 3. The van der Waals surface area contributed by atoms with E-state index in [1.807, 2.05) is 35.7 Å². The Bertz CT molecular complexity index is 1140. The normalized spacial score (nSPS) is 12.6. The number of aromatic nitrogens is 4. The fourth-order valence-electron chi connectivity index (χ4n) is 3.17. The number of nitrogens with one attached hydrogen (secondary N) is 2. The van der Waals surface area contributed by atoms with Gasteiger partial charge in [0.2, 0.25) is 0 Å². The second-order valence-electron chi connectivity index (χ2n) is 6.33. The smallest absolute Gasteiger partial charge is 0.268 e. The van der Waals surface area contributed by atoms with E-state index in [-0.39, 0.29) is 17.8 Å². The number of fused-ring (bicyclic) bond motifs is 2. The number of aromatic amines is 1. The molecule has 0 saturated carbocycles. The summed E-state index contributed by atoms with van der Waals surface area (Å²) in [7, 11) is 0. The second kappa shape index (κ2) is 7.11. The third-order valence-electron chi connectivity index (χ3n) is 4.43. The van der Waals surface area contributed by atoms with Crippen molar-refractivity contribution in [3.63, 3.8) is 0 Å². The molecule has 3 heterocycles. The first-order chi connectivity index (χ1) is 13.1. The van der Waals surface area contributed by atoms with Gasteiger partial charge in [-0.1, -0.05) is 35.3 Å². The molecular weight excluding hydrogens is 413 g/mol. The Balaban J connectivity index is 1.66. The third-order valence-corrected chi connectivity index (χ3v) is 4.89. The van der Waals surface area contributed by atoms with Gasteiger partial charge in [0.15, 0.2) is 11.5 Å². The summed E-state index contributed by atoms with van der Waals surface area (Å²) in [6, 6.07) is 9.98. The number of carbonyl (C=O) groups is 1. The lowest BCUT2D eigenvalue weighted by Gasteiger charge is -2.16. The van der Waals surface area contributed by atoms with Gasteiger partial charge < -0.3 is 10.3 Å². The van der Waals surface area contributed by atoms with Gasteiger partial charge in [-0.25, -0.2) is 4.39 Å². The summed E-state index contributed by atoms with van der Waals surface area (Å²) < 4.78 is 16.6. The van der Waals surface area contributed by atoms with Crippen LogP contribution in [0, 0.1) is 5.82 Å². The molecule has 0 radical (unpaired) electrons. The number of rotatable bonds is 5. The molecule has 0 aliphatic heterocycles. The lowest BCUT2D eigenvalue weighted by atomic mass is 10.1. The van der Waals surface area contributed by atoms with Crippen molar-refractivity contribution in [2.45, 2.75) is 25.8 Å². The van der Waals surface area contributed by atoms with E-state index in [1.54, 1.807) is 6.07 Å². The maximum atomic E-state index is 14.1. The first-order valence-corrected chi connectivity index (χ1v) is 9.44. The van der Waals surface area contributed by atoms with Crippen molar-refractivity contribution in [2.75, 3.05) is 0 Å². The highest BCUT2D eigenvalue weighted by atomic mass is 79.9. The molecule has 0 bridgehead atoms. The van der Waals surface area contributed by atoms with Crippen molar-refractivity contribution in [3.05, 3.63) is 64.4 Å². The van der Waals surface area contributed by atoms with Crippen LogP contribution in [-0.2, 0) is 0 Å². The average Bonchev–Trinajstić information content (AvgIpc) is 3.25. The Morgan fingerprint density at radius 3 is 3.00 bits per heavy atom. The zero-order chi connectivity index (χ0) is 19.0. The number of H-pyrrole nitrogens is 1. The van der Waals surface area contributed by atoms with Gasteiger partial charge in [-0.3, -0.25) is 9.20 Å². The molecular formula is C19H17BrFN5O. The zero-order valence-corrected chi connectivity index (χ0v) is 16.1. The highest BCUT2D eigenvalue weighted by Crippen LogP contribution is 2.25. The number of hydrogen-bond donors (Lipinski definition) is 2. The summed E-state index contributed by atoms with van der Waals surface area (Å²) in [5.74, 6) is -0.0260. The van der Waals surface area contributed by atoms with Crippen molar-refractivity contribution in [3.8, 4) is 0 Å². The van der Waals surface area contributed by atoms with Gasteiger partial charge in [0.05, 0.1) is 11.6 Å². The van der Waals surface area contributed by atoms with E-state index in [4.69, 9.17) is 0 Å². The van der Waals surface area contributed by atoms with E-state index < -0.39 is 0 Å². The monoisotopic (exact) mass is 429 g/mol. The van der Waals surface area contributed by atoms with E-state index in [0.29, 0.717) is 33.3 Å². The summed E-state index contributed by atoms with van der Waals surface area (Å²) in [6.45, 7) is 2.04. The fraction of sp³-hybridized carbons (Fsp3) is 0.211. The topological polar surface area (TPSA) is 75.1 Å². The van der Waals surface area contributed by atoms with Crippen molar-refractivity contribution in [1.29, 1.82) is 0 Å². The quantitative estimate of drug-likeness (QED) is 0.494. The highest BCUT2D eigenvalue weighted by Gasteiger charge is 2.21. The molecule has 0 aliphatic carbocycles. The summed E-state index contributed by atoms with van der Waals surface area (Å²) >= 11 is 3.26. The predicted octanol–water partition coefficient (Wildman–Crippen LogP) is 4.38. The lowest BCUT2D eigenvalue weighted by molar-refractivity contribution is 0.0928. The molecule has 6 nitrogen and oxygen atoms in total. The van der Waals surface area contributed by atoms with Crippen LogP contribution < -0.4 is 5.32 Å². The highest BCUT2D eigenvalue weighted by molar-refractivity contribution is 9.10. The minimum atomic E-state index is -0.386. The van der Waals surface area contributed by atoms with Crippen molar-refractivity contribution >= 4 is 38.4 Å². The molecule has 8 heteroatoms. The van der Waals surface area contributed by atoms with Gasteiger partial charge in [0, 0.05) is 16.1 Å². The van der Waals surface area contributed by atoms with Crippen LogP contribution in [0.4, 0.5) is 4.39 Å². The van der Waals surface area contributed by atoms with Gasteiger partial charge in [0.1, 0.15) is 11.5 Å². The molecule has 1 amide bonds. The van der Waals surface area contributed by atoms with Crippen molar-refractivity contribution in [1.82, 2.24) is 24.9 Å². The molecule has 0 fully saturated rings. The molecule has 1 atom stereocenters. The summed E-state index contributed by atoms with van der Waals surface area (Å²) in [5, 5.41) is 11.8. The van der Waals surface area contributed by atoms with Crippen LogP contribution in [-0.4, -0.2) is 25.5 Å². The molecule has 2 N–H and O–H groups in total. The second-order valence-corrected chi connectivity index (χ2v) is 7.25. The maximum Gasteiger partial charge on any atom is 0.268 e. The molecule has 27 heavy (non-hydrogen) atoms. The Labute approximate surface area is 162 Å². The molecule has 3 aromatic heterocycles. The number of hydrogen-bond acceptors (Lipinski definition) is 3. The van der Waals surface area contributed by atoms with E-state index in [2.05, 4.69) is 36.4 Å². The largest absolute Gasteiger partial charge is 0.350 e. The first kappa shape index (κ1) is 17.7. The number of pyridine rings is 1. The molecule has 1 aromatic carbocycles. The van der Waals surface area contributed by atoms with Crippen LogP contribution >= 0.6 is 15.9 Å². The first-order valence-electron chi connectivity index (χ1n) is 8.65. The van der Waals surface area contributed by atoms with E-state index in [0.717, 1.165) is 12.1 Å². The van der Waals surface area contributed by atoms with Gasteiger partial charge >= 0.3 is 0 Å². The van der Waals surface area contributed by atoms with Crippen molar-refractivity contribution < 1.29 is 9.18 Å². The average molecular weight is 430 g/mol. The van der Waals surface area contributed by atoms with Gasteiger partial charge in [-0.15, -0.1) is 10.2 Å². The van der Waals surface area contributed by atoms with E-state index in [1.165, 1.54) is 12.1 Å². The Kier molecular flexibility index (Phi) is 4.65. The number of carbonyl (C=O) groups excluding carboxylic acids is 1. The van der Waals surface area contributed by atoms with Crippen LogP contribution in [0.3, 0.4) is 0 Å². The van der Waals surface area contributed by atoms with E-state index >= 15 is 0 Å². The third kappa shape index (κ3) is 3.32. The molecule has 4 aromatic rings. The molecule has 4 rings (SSSR count). The molecule has 0 aliphatic rings. The van der Waals surface area contributed by atoms with Crippen LogP contribution in [0.25, 0.3) is 16.6 Å². The van der Waals surface area contributed by atoms with Crippen LogP contribution in [0.15, 0.2) is 47.1 Å². The Hall–Kier alpha value is -2.74. The van der Waals surface area contributed by atoms with Crippen LogP contribution in [0.5, 0.6) is 0 Å². The fourth-order valence-corrected chi connectivity index (χ4v) is 3.60. The summed E-state index contributed by atoms with van der Waals surface area (Å²) in [5.41, 5.74) is 1.59. The number of halogens is 2. The molecule has 0 spiro atoms. The summed E-state index contributed by atoms with van der Waals surface area (Å²) in [6.07, 6.45) is 3.44.